The summed E-state index contributed by atoms with van der Waals surface area (Å²) in [6.45, 7) is -0.899. The van der Waals surface area contributed by atoms with Gasteiger partial charge in [0.25, 0.3) is 0 Å². The fraction of sp³-hybridized carbons (Fsp3) is 0.222. The van der Waals surface area contributed by atoms with E-state index < -0.39 is 35.3 Å². The molecule has 0 aliphatic heterocycles. The Labute approximate surface area is 82.4 Å². The van der Waals surface area contributed by atoms with Crippen LogP contribution in [0.25, 0.3) is 0 Å². The van der Waals surface area contributed by atoms with Gasteiger partial charge >= 0.3 is 6.18 Å². The van der Waals surface area contributed by atoms with Crippen molar-refractivity contribution in [1.82, 2.24) is 0 Å². The first kappa shape index (κ1) is 11.5. The summed E-state index contributed by atoms with van der Waals surface area (Å²) in [5, 5.41) is 17.0. The van der Waals surface area contributed by atoms with Gasteiger partial charge in [-0.15, -0.1) is 0 Å². The molecule has 0 radical (unpaired) electrons. The zero-order valence-corrected chi connectivity index (χ0v) is 7.27. The van der Waals surface area contributed by atoms with Gasteiger partial charge in [0, 0.05) is 0 Å². The van der Waals surface area contributed by atoms with Crippen molar-refractivity contribution in [2.45, 2.75) is 12.8 Å². The number of hydrogen-bond donors (Lipinski definition) is 1. The molecule has 0 saturated carbocycles. The SMILES string of the molecule is N#Cc1cc(CO)c(C(F)(F)F)cc1F. The van der Waals surface area contributed by atoms with E-state index in [-0.39, 0.29) is 6.07 Å². The largest absolute Gasteiger partial charge is 0.416 e. The van der Waals surface area contributed by atoms with Crippen molar-refractivity contribution < 1.29 is 22.7 Å². The Hall–Kier alpha value is -1.61. The molecule has 0 atom stereocenters. The zero-order valence-electron chi connectivity index (χ0n) is 7.27. The topological polar surface area (TPSA) is 44.0 Å². The molecule has 0 aromatic heterocycles. The van der Waals surface area contributed by atoms with E-state index in [1.165, 1.54) is 6.07 Å². The summed E-state index contributed by atoms with van der Waals surface area (Å²) in [6, 6.07) is 2.30. The highest BCUT2D eigenvalue weighted by Crippen LogP contribution is 2.33. The van der Waals surface area contributed by atoms with Crippen molar-refractivity contribution in [3.05, 3.63) is 34.6 Å². The van der Waals surface area contributed by atoms with Crippen molar-refractivity contribution in [1.29, 1.82) is 5.26 Å². The van der Waals surface area contributed by atoms with Crippen molar-refractivity contribution >= 4 is 0 Å². The minimum Gasteiger partial charge on any atom is -0.392 e. The Morgan fingerprint density at radius 1 is 1.33 bits per heavy atom. The van der Waals surface area contributed by atoms with Gasteiger partial charge in [0.05, 0.1) is 17.7 Å². The Bertz CT molecular complexity index is 419. The molecule has 0 amide bonds. The molecule has 1 aromatic rings. The third-order valence-corrected chi connectivity index (χ3v) is 1.79. The quantitative estimate of drug-likeness (QED) is 0.736. The number of halogens is 4. The van der Waals surface area contributed by atoms with Gasteiger partial charge in [0.15, 0.2) is 0 Å². The molecule has 0 unspecified atom stereocenters. The smallest absolute Gasteiger partial charge is 0.392 e. The van der Waals surface area contributed by atoms with E-state index in [1.54, 1.807) is 0 Å². The molecule has 0 spiro atoms. The summed E-state index contributed by atoms with van der Waals surface area (Å²) in [6.07, 6.45) is -4.74. The first-order valence-electron chi connectivity index (χ1n) is 3.80. The van der Waals surface area contributed by atoms with E-state index >= 15 is 0 Å². The summed E-state index contributed by atoms with van der Waals surface area (Å²) in [5.74, 6) is -1.25. The van der Waals surface area contributed by atoms with Crippen LogP contribution in [-0.4, -0.2) is 5.11 Å². The number of benzene rings is 1. The molecule has 2 nitrogen and oxygen atoms in total. The summed E-state index contributed by atoms with van der Waals surface area (Å²) >= 11 is 0. The fourth-order valence-corrected chi connectivity index (χ4v) is 1.10. The molecule has 6 heteroatoms. The second-order valence-electron chi connectivity index (χ2n) is 2.76. The van der Waals surface area contributed by atoms with Crippen LogP contribution in [0.2, 0.25) is 0 Å². The van der Waals surface area contributed by atoms with E-state index in [4.69, 9.17) is 10.4 Å². The van der Waals surface area contributed by atoms with Crippen LogP contribution in [0.4, 0.5) is 17.6 Å². The summed E-state index contributed by atoms with van der Waals surface area (Å²) in [4.78, 5) is 0. The number of alkyl halides is 3. The maximum Gasteiger partial charge on any atom is 0.416 e. The summed E-state index contributed by atoms with van der Waals surface area (Å²) in [7, 11) is 0. The lowest BCUT2D eigenvalue weighted by atomic mass is 10.0. The highest BCUT2D eigenvalue weighted by Gasteiger charge is 2.34. The number of aliphatic hydroxyl groups excluding tert-OH is 1. The zero-order chi connectivity index (χ0) is 11.6. The predicted molar refractivity (Wildman–Crippen MR) is 42.0 cm³/mol. The van der Waals surface area contributed by atoms with Crippen LogP contribution in [-0.2, 0) is 12.8 Å². The van der Waals surface area contributed by atoms with Crippen LogP contribution < -0.4 is 0 Å². The first-order valence-corrected chi connectivity index (χ1v) is 3.80. The average Bonchev–Trinajstić information content (AvgIpc) is 2.16. The molecule has 80 valence electrons. The van der Waals surface area contributed by atoms with Crippen LogP contribution >= 0.6 is 0 Å². The van der Waals surface area contributed by atoms with Crippen LogP contribution in [0.1, 0.15) is 16.7 Å². The van der Waals surface area contributed by atoms with Gasteiger partial charge < -0.3 is 5.11 Å². The van der Waals surface area contributed by atoms with Gasteiger partial charge in [0.1, 0.15) is 11.9 Å². The molecular weight excluding hydrogens is 214 g/mol. The minimum absolute atomic E-state index is 0.212. The Morgan fingerprint density at radius 3 is 2.33 bits per heavy atom. The van der Waals surface area contributed by atoms with Gasteiger partial charge in [-0.2, -0.15) is 18.4 Å². The highest BCUT2D eigenvalue weighted by atomic mass is 19.4. The highest BCUT2D eigenvalue weighted by molar-refractivity contribution is 5.40. The van der Waals surface area contributed by atoms with Crippen molar-refractivity contribution in [2.75, 3.05) is 0 Å². The monoisotopic (exact) mass is 219 g/mol. The van der Waals surface area contributed by atoms with E-state index in [1.807, 2.05) is 0 Å². The molecule has 0 heterocycles. The molecule has 1 N–H and O–H groups in total. The van der Waals surface area contributed by atoms with Gasteiger partial charge in [-0.25, -0.2) is 4.39 Å². The maximum atomic E-state index is 12.9. The van der Waals surface area contributed by atoms with E-state index in [2.05, 4.69) is 0 Å². The third-order valence-electron chi connectivity index (χ3n) is 1.79. The van der Waals surface area contributed by atoms with Crippen LogP contribution in [0, 0.1) is 17.1 Å². The second-order valence-corrected chi connectivity index (χ2v) is 2.76. The van der Waals surface area contributed by atoms with Gasteiger partial charge in [-0.3, -0.25) is 0 Å². The predicted octanol–water partition coefficient (Wildman–Crippen LogP) is 2.21. The number of hydrogen-bond acceptors (Lipinski definition) is 2. The van der Waals surface area contributed by atoms with Crippen molar-refractivity contribution in [3.63, 3.8) is 0 Å². The molecule has 1 rings (SSSR count). The molecule has 15 heavy (non-hydrogen) atoms. The van der Waals surface area contributed by atoms with Gasteiger partial charge in [-0.05, 0) is 17.7 Å². The maximum absolute atomic E-state index is 12.9. The molecule has 0 bridgehead atoms. The number of aliphatic hydroxyl groups is 1. The molecule has 0 fully saturated rings. The minimum atomic E-state index is -4.74. The molecule has 0 aliphatic rings. The van der Waals surface area contributed by atoms with Crippen molar-refractivity contribution in [3.8, 4) is 6.07 Å². The fourth-order valence-electron chi connectivity index (χ4n) is 1.10. The second kappa shape index (κ2) is 3.87. The Kier molecular flexibility index (Phi) is 2.95. The Morgan fingerprint density at radius 2 is 1.93 bits per heavy atom. The van der Waals surface area contributed by atoms with Crippen LogP contribution in [0.3, 0.4) is 0 Å². The Balaban J connectivity index is 3.42. The van der Waals surface area contributed by atoms with E-state index in [9.17, 15) is 17.6 Å². The van der Waals surface area contributed by atoms with Crippen LogP contribution in [0.5, 0.6) is 0 Å². The first-order chi connectivity index (χ1) is 6.90. The van der Waals surface area contributed by atoms with Crippen molar-refractivity contribution in [2.24, 2.45) is 0 Å². The summed E-state index contributed by atoms with van der Waals surface area (Å²) < 4.78 is 49.8. The molecule has 0 saturated heterocycles. The molecule has 0 aliphatic carbocycles. The lowest BCUT2D eigenvalue weighted by Gasteiger charge is -2.11. The molecular formula is C9H5F4NO. The van der Waals surface area contributed by atoms with E-state index in [0.29, 0.717) is 6.07 Å². The van der Waals surface area contributed by atoms with Crippen LogP contribution in [0.15, 0.2) is 12.1 Å². The number of nitrogens with zero attached hydrogens (tertiary/aromatic N) is 1. The third kappa shape index (κ3) is 2.25. The van der Waals surface area contributed by atoms with Gasteiger partial charge in [-0.1, -0.05) is 0 Å². The number of rotatable bonds is 1. The van der Waals surface area contributed by atoms with Gasteiger partial charge in [0.2, 0.25) is 0 Å². The normalized spacial score (nSPS) is 11.2. The van der Waals surface area contributed by atoms with E-state index in [0.717, 1.165) is 0 Å². The lowest BCUT2D eigenvalue weighted by molar-refractivity contribution is -0.138. The lowest BCUT2D eigenvalue weighted by Crippen LogP contribution is -2.10. The standard InChI is InChI=1S/C9H5F4NO/c10-8-2-7(9(11,12)13)6(4-15)1-5(8)3-14/h1-2,15H,4H2. The molecule has 1 aromatic carbocycles. The number of nitriles is 1. The summed E-state index contributed by atoms with van der Waals surface area (Å²) in [5.41, 5.74) is -2.30. The average molecular weight is 219 g/mol.